The molecule has 0 radical (unpaired) electrons. The van der Waals surface area contributed by atoms with E-state index in [1.165, 1.54) is 11.3 Å². The fourth-order valence-corrected chi connectivity index (χ4v) is 3.16. The lowest BCUT2D eigenvalue weighted by Gasteiger charge is -1.98. The van der Waals surface area contributed by atoms with Crippen LogP contribution in [0.2, 0.25) is 0 Å². The molecule has 0 atom stereocenters. The molecule has 0 saturated carbocycles. The van der Waals surface area contributed by atoms with Gasteiger partial charge in [-0.25, -0.2) is 0 Å². The lowest BCUT2D eigenvalue weighted by atomic mass is 10.1. The van der Waals surface area contributed by atoms with Gasteiger partial charge in [0.05, 0.1) is 6.26 Å². The van der Waals surface area contributed by atoms with Gasteiger partial charge in [0, 0.05) is 5.69 Å². The Hall–Kier alpha value is -2.74. The Morgan fingerprint density at radius 1 is 1.33 bits per heavy atom. The molecule has 122 valence electrons. The number of H-pyrrole nitrogens is 1. The van der Waals surface area contributed by atoms with Crippen LogP contribution in [0.25, 0.3) is 28.6 Å². The second-order valence-electron chi connectivity index (χ2n) is 5.88. The molecule has 24 heavy (non-hydrogen) atoms. The fraction of sp³-hybridized carbons (Fsp3) is 0.250. The van der Waals surface area contributed by atoms with Crippen molar-refractivity contribution >= 4 is 28.4 Å². The highest BCUT2D eigenvalue weighted by molar-refractivity contribution is 7.17. The number of hydrogen-bond donors (Lipinski definition) is 1. The molecular weight excluding hydrogens is 324 g/mol. The first kappa shape index (κ1) is 14.8. The summed E-state index contributed by atoms with van der Waals surface area (Å²) in [6.45, 7) is 4.35. The van der Waals surface area contributed by atoms with Gasteiger partial charge >= 0.3 is 0 Å². The van der Waals surface area contributed by atoms with E-state index in [9.17, 15) is 0 Å². The van der Waals surface area contributed by atoms with Crippen molar-refractivity contribution in [2.45, 2.75) is 20.3 Å². The van der Waals surface area contributed by atoms with Gasteiger partial charge in [-0.1, -0.05) is 25.2 Å². The Morgan fingerprint density at radius 2 is 2.25 bits per heavy atom. The maximum absolute atomic E-state index is 5.28. The van der Waals surface area contributed by atoms with Gasteiger partial charge in [0.1, 0.15) is 16.5 Å². The molecule has 4 rings (SSSR count). The third kappa shape index (κ3) is 2.88. The zero-order valence-electron chi connectivity index (χ0n) is 13.3. The highest BCUT2D eigenvalue weighted by Gasteiger charge is 2.15. The summed E-state index contributed by atoms with van der Waals surface area (Å²) in [5.41, 5.74) is 1.84. The van der Waals surface area contributed by atoms with Gasteiger partial charge in [0.25, 0.3) is 0 Å². The molecule has 4 aromatic heterocycles. The highest BCUT2D eigenvalue weighted by atomic mass is 32.1. The molecule has 0 aliphatic carbocycles. The van der Waals surface area contributed by atoms with Crippen LogP contribution in [0.5, 0.6) is 0 Å². The fourth-order valence-electron chi connectivity index (χ4n) is 2.42. The molecule has 4 aromatic rings. The summed E-state index contributed by atoms with van der Waals surface area (Å²) >= 11 is 1.46. The van der Waals surface area contributed by atoms with Crippen LogP contribution in [-0.2, 0) is 6.42 Å². The Balaban J connectivity index is 1.63. The first-order chi connectivity index (χ1) is 11.7. The van der Waals surface area contributed by atoms with Crippen molar-refractivity contribution in [3.05, 3.63) is 40.9 Å². The van der Waals surface area contributed by atoms with Crippen molar-refractivity contribution in [3.8, 4) is 11.5 Å². The molecule has 0 spiro atoms. The third-order valence-electron chi connectivity index (χ3n) is 3.43. The van der Waals surface area contributed by atoms with Crippen LogP contribution >= 0.6 is 11.3 Å². The van der Waals surface area contributed by atoms with Crippen molar-refractivity contribution in [1.82, 2.24) is 30.0 Å². The second-order valence-corrected chi connectivity index (χ2v) is 6.87. The van der Waals surface area contributed by atoms with Crippen LogP contribution < -0.4 is 0 Å². The first-order valence-electron chi connectivity index (χ1n) is 7.67. The smallest absolute Gasteiger partial charge is 0.235 e. The molecule has 0 amide bonds. The first-order valence-corrected chi connectivity index (χ1v) is 8.49. The monoisotopic (exact) mass is 340 g/mol. The number of rotatable bonds is 5. The quantitative estimate of drug-likeness (QED) is 0.600. The van der Waals surface area contributed by atoms with Crippen LogP contribution in [0.3, 0.4) is 0 Å². The molecule has 1 N–H and O–H groups in total. The van der Waals surface area contributed by atoms with Crippen molar-refractivity contribution in [3.63, 3.8) is 0 Å². The Morgan fingerprint density at radius 3 is 3.04 bits per heavy atom. The topological polar surface area (TPSA) is 84.9 Å². The summed E-state index contributed by atoms with van der Waals surface area (Å²) in [6, 6.07) is 5.75. The summed E-state index contributed by atoms with van der Waals surface area (Å²) in [6.07, 6.45) is 6.36. The third-order valence-corrected chi connectivity index (χ3v) is 4.29. The number of fused-ring (bicyclic) bond motifs is 1. The summed E-state index contributed by atoms with van der Waals surface area (Å²) in [5.74, 6) is 1.99. The van der Waals surface area contributed by atoms with Gasteiger partial charge in [-0.05, 0) is 42.7 Å². The predicted molar refractivity (Wildman–Crippen MR) is 92.4 cm³/mol. The van der Waals surface area contributed by atoms with Crippen LogP contribution in [0.1, 0.15) is 30.3 Å². The van der Waals surface area contributed by atoms with E-state index < -0.39 is 0 Å². The Kier molecular flexibility index (Phi) is 3.73. The minimum atomic E-state index is 0.564. The van der Waals surface area contributed by atoms with E-state index in [4.69, 9.17) is 4.42 Å². The van der Waals surface area contributed by atoms with E-state index in [1.807, 2.05) is 30.4 Å². The maximum Gasteiger partial charge on any atom is 0.235 e. The molecule has 0 aliphatic heterocycles. The van der Waals surface area contributed by atoms with E-state index >= 15 is 0 Å². The van der Waals surface area contributed by atoms with Gasteiger partial charge in [0.2, 0.25) is 10.8 Å². The number of hydrogen-bond acceptors (Lipinski definition) is 6. The van der Waals surface area contributed by atoms with E-state index in [0.717, 1.165) is 33.5 Å². The minimum absolute atomic E-state index is 0.564. The summed E-state index contributed by atoms with van der Waals surface area (Å²) in [7, 11) is 0. The number of aromatic amines is 1. The zero-order valence-corrected chi connectivity index (χ0v) is 14.1. The van der Waals surface area contributed by atoms with Crippen molar-refractivity contribution in [1.29, 1.82) is 0 Å². The SMILES string of the molecule is CC(C)Cc1cc(-c2nnc3sc(C=Cc4ccco4)nn23)n[nH]1. The van der Waals surface area contributed by atoms with Crippen molar-refractivity contribution in [2.24, 2.45) is 5.92 Å². The largest absolute Gasteiger partial charge is 0.465 e. The van der Waals surface area contributed by atoms with Gasteiger partial charge in [-0.3, -0.25) is 5.10 Å². The lowest BCUT2D eigenvalue weighted by molar-refractivity contribution is 0.557. The summed E-state index contributed by atoms with van der Waals surface area (Å²) in [4.78, 5) is 0.734. The second kappa shape index (κ2) is 6.04. The molecule has 0 bridgehead atoms. The molecule has 0 aliphatic rings. The van der Waals surface area contributed by atoms with Crippen LogP contribution in [0.4, 0.5) is 0 Å². The van der Waals surface area contributed by atoms with Crippen molar-refractivity contribution in [2.75, 3.05) is 0 Å². The van der Waals surface area contributed by atoms with Gasteiger partial charge in [-0.15, -0.1) is 10.2 Å². The Bertz CT molecular complexity index is 976. The lowest BCUT2D eigenvalue weighted by Crippen LogP contribution is -1.93. The maximum atomic E-state index is 5.28. The Labute approximate surface area is 142 Å². The van der Waals surface area contributed by atoms with Gasteiger partial charge in [0.15, 0.2) is 0 Å². The molecule has 0 unspecified atom stereocenters. The minimum Gasteiger partial charge on any atom is -0.465 e. The highest BCUT2D eigenvalue weighted by Crippen LogP contribution is 2.22. The number of nitrogens with zero attached hydrogens (tertiary/aromatic N) is 5. The predicted octanol–water partition coefficient (Wildman–Crippen LogP) is 3.54. The van der Waals surface area contributed by atoms with Crippen LogP contribution in [0, 0.1) is 5.92 Å². The van der Waals surface area contributed by atoms with E-state index in [2.05, 4.69) is 39.3 Å². The zero-order chi connectivity index (χ0) is 16.5. The van der Waals surface area contributed by atoms with Crippen LogP contribution in [-0.4, -0.2) is 30.0 Å². The standard InChI is InChI=1S/C16H16N6OS/c1-10(2)8-11-9-13(18-17-11)15-19-20-16-22(15)21-14(24-16)6-5-12-4-3-7-23-12/h3-7,9-10H,8H2,1-2H3,(H,17,18). The van der Waals surface area contributed by atoms with E-state index in [1.54, 1.807) is 10.8 Å². The average molecular weight is 340 g/mol. The van der Waals surface area contributed by atoms with Gasteiger partial charge < -0.3 is 4.42 Å². The van der Waals surface area contributed by atoms with E-state index in [0.29, 0.717) is 11.7 Å². The average Bonchev–Trinajstić information content (AvgIpc) is 3.29. The summed E-state index contributed by atoms with van der Waals surface area (Å²) < 4.78 is 7.00. The normalized spacial score (nSPS) is 12.1. The molecule has 7 nitrogen and oxygen atoms in total. The molecule has 8 heteroatoms. The number of nitrogens with one attached hydrogen (secondary N) is 1. The molecular formula is C16H16N6OS. The molecule has 4 heterocycles. The molecule has 0 fully saturated rings. The van der Waals surface area contributed by atoms with Crippen molar-refractivity contribution < 1.29 is 4.42 Å². The molecule has 0 aromatic carbocycles. The summed E-state index contributed by atoms with van der Waals surface area (Å²) in [5, 5.41) is 21.2. The van der Waals surface area contributed by atoms with Gasteiger partial charge in [-0.2, -0.15) is 14.7 Å². The van der Waals surface area contributed by atoms with E-state index in [-0.39, 0.29) is 0 Å². The van der Waals surface area contributed by atoms with Crippen LogP contribution in [0.15, 0.2) is 28.9 Å². The number of furan rings is 1. The molecule has 0 saturated heterocycles. The number of aromatic nitrogens is 6.